The van der Waals surface area contributed by atoms with Crippen LogP contribution in [-0.4, -0.2) is 75.1 Å². The lowest BCUT2D eigenvalue weighted by Gasteiger charge is -2.31. The Morgan fingerprint density at radius 1 is 1.23 bits per heavy atom. The zero-order valence-corrected chi connectivity index (χ0v) is 23.5. The van der Waals surface area contributed by atoms with Crippen LogP contribution >= 0.6 is 0 Å². The van der Waals surface area contributed by atoms with Crippen LogP contribution in [0.2, 0.25) is 0 Å². The maximum Gasteiger partial charge on any atom is 0.319 e. The average molecular weight is 592 g/mol. The molecular weight excluding hydrogens is 562 g/mol. The average Bonchev–Trinajstić information content (AvgIpc) is 3.43. The lowest BCUT2D eigenvalue weighted by Crippen LogP contribution is -2.43. The molecule has 1 saturated carbocycles. The molecule has 0 amide bonds. The van der Waals surface area contributed by atoms with Gasteiger partial charge < -0.3 is 14.7 Å². The Morgan fingerprint density at radius 2 is 2.05 bits per heavy atom. The summed E-state index contributed by atoms with van der Waals surface area (Å²) >= 11 is 0. The smallest absolute Gasteiger partial charge is 0.319 e. The maximum absolute atomic E-state index is 16.6. The highest BCUT2D eigenvalue weighted by Gasteiger charge is 2.49. The highest BCUT2D eigenvalue weighted by molar-refractivity contribution is 6.03. The van der Waals surface area contributed by atoms with Gasteiger partial charge in [0.1, 0.15) is 47.5 Å². The highest BCUT2D eigenvalue weighted by atomic mass is 19.1. The Balaban J connectivity index is 1.39. The Bertz CT molecular complexity index is 1810. The van der Waals surface area contributed by atoms with E-state index in [2.05, 4.69) is 25.8 Å². The van der Waals surface area contributed by atoms with Crippen molar-refractivity contribution >= 4 is 27.5 Å². The molecule has 3 fully saturated rings. The number of alkyl halides is 2. The van der Waals surface area contributed by atoms with Gasteiger partial charge in [-0.05, 0) is 49.9 Å². The number of ether oxygens (including phenoxy) is 1. The first-order chi connectivity index (χ1) is 20.7. The monoisotopic (exact) mass is 591 g/mol. The van der Waals surface area contributed by atoms with E-state index in [4.69, 9.17) is 11.2 Å². The van der Waals surface area contributed by atoms with E-state index in [1.165, 1.54) is 30.5 Å². The van der Waals surface area contributed by atoms with Crippen molar-refractivity contribution in [2.45, 2.75) is 56.5 Å². The molecule has 1 aliphatic carbocycles. The summed E-state index contributed by atoms with van der Waals surface area (Å²) in [4.78, 5) is 17.2. The summed E-state index contributed by atoms with van der Waals surface area (Å²) in [5.41, 5.74) is -0.834. The number of halogens is 4. The first kappa shape index (κ1) is 27.7. The van der Waals surface area contributed by atoms with E-state index in [0.29, 0.717) is 31.3 Å². The molecule has 7 rings (SSSR count). The molecule has 0 spiro atoms. The third-order valence-corrected chi connectivity index (χ3v) is 9.02. The minimum Gasteiger partial charge on any atom is -0.508 e. The van der Waals surface area contributed by atoms with Gasteiger partial charge in [0.2, 0.25) is 0 Å². The fraction of sp³-hybridized carbons (Fsp3) is 0.406. The second kappa shape index (κ2) is 10.2. The second-order valence-corrected chi connectivity index (χ2v) is 11.6. The van der Waals surface area contributed by atoms with Gasteiger partial charge in [0.15, 0.2) is 5.82 Å². The third-order valence-electron chi connectivity index (χ3n) is 9.02. The van der Waals surface area contributed by atoms with E-state index in [0.717, 1.165) is 19.4 Å². The van der Waals surface area contributed by atoms with Crippen LogP contribution in [0.4, 0.5) is 23.4 Å². The summed E-state index contributed by atoms with van der Waals surface area (Å²) in [6, 6.07) is 4.76. The fourth-order valence-electron chi connectivity index (χ4n) is 6.91. The molecule has 0 radical (unpaired) electrons. The number of anilines is 1. The number of rotatable bonds is 7. The number of hydrogen-bond donors (Lipinski definition) is 1. The van der Waals surface area contributed by atoms with Crippen LogP contribution < -0.4 is 9.64 Å². The van der Waals surface area contributed by atoms with Gasteiger partial charge in [0, 0.05) is 43.1 Å². The number of fused-ring (bicyclic) bond motifs is 3. The normalized spacial score (nSPS) is 24.8. The largest absolute Gasteiger partial charge is 0.508 e. The molecule has 4 aromatic rings. The van der Waals surface area contributed by atoms with Crippen LogP contribution in [0.3, 0.4) is 0 Å². The molecule has 2 saturated heterocycles. The molecule has 1 N–H and O–H groups in total. The Hall–Kier alpha value is -4.17. The number of phenolic OH excluding ortho intramolecular Hbond substituents is 1. The van der Waals surface area contributed by atoms with E-state index in [9.17, 15) is 18.3 Å². The maximum atomic E-state index is 16.6. The van der Waals surface area contributed by atoms with Crippen LogP contribution in [0.5, 0.6) is 11.8 Å². The summed E-state index contributed by atoms with van der Waals surface area (Å²) in [5.74, 6) is 0.883. The predicted octanol–water partition coefficient (Wildman–Crippen LogP) is 5.70. The van der Waals surface area contributed by atoms with Gasteiger partial charge >= 0.3 is 6.01 Å². The lowest BCUT2D eigenvalue weighted by atomic mass is 9.95. The predicted molar refractivity (Wildman–Crippen MR) is 155 cm³/mol. The number of aromatic nitrogens is 3. The Morgan fingerprint density at radius 3 is 2.79 bits per heavy atom. The summed E-state index contributed by atoms with van der Waals surface area (Å²) in [6.45, 7) is 3.49. The van der Waals surface area contributed by atoms with E-state index in [1.807, 2.05) is 6.92 Å². The quantitative estimate of drug-likeness (QED) is 0.218. The molecule has 43 heavy (non-hydrogen) atoms. The van der Waals surface area contributed by atoms with E-state index in [1.54, 1.807) is 4.90 Å². The van der Waals surface area contributed by atoms with Gasteiger partial charge in [-0.1, -0.05) is 12.0 Å². The zero-order valence-electron chi connectivity index (χ0n) is 23.5. The summed E-state index contributed by atoms with van der Waals surface area (Å²) in [5, 5.41) is 11.3. The summed E-state index contributed by atoms with van der Waals surface area (Å²) < 4.78 is 66.1. The number of benzene rings is 2. The van der Waals surface area contributed by atoms with Crippen LogP contribution in [0.25, 0.3) is 32.9 Å². The highest BCUT2D eigenvalue weighted by Crippen LogP contribution is 2.43. The van der Waals surface area contributed by atoms with Crippen molar-refractivity contribution in [3.63, 3.8) is 0 Å². The molecule has 2 aromatic heterocycles. The van der Waals surface area contributed by atoms with Crippen LogP contribution in [0.15, 0.2) is 30.5 Å². The first-order valence-corrected chi connectivity index (χ1v) is 14.4. The van der Waals surface area contributed by atoms with Crippen molar-refractivity contribution in [2.75, 3.05) is 31.1 Å². The molecule has 222 valence electrons. The number of hydrogen-bond acceptors (Lipinski definition) is 7. The van der Waals surface area contributed by atoms with Gasteiger partial charge in [-0.2, -0.15) is 9.97 Å². The van der Waals surface area contributed by atoms with Crippen molar-refractivity contribution < 1.29 is 27.4 Å². The minimum atomic E-state index is -1.05. The molecular formula is C32H29F4N5O2. The van der Waals surface area contributed by atoms with Crippen molar-refractivity contribution in [3.05, 3.63) is 47.7 Å². The second-order valence-electron chi connectivity index (χ2n) is 11.6. The van der Waals surface area contributed by atoms with Gasteiger partial charge in [0.25, 0.3) is 0 Å². The van der Waals surface area contributed by atoms with Gasteiger partial charge in [-0.15, -0.1) is 6.42 Å². The molecule has 3 aliphatic rings. The van der Waals surface area contributed by atoms with E-state index in [-0.39, 0.29) is 57.3 Å². The van der Waals surface area contributed by atoms with E-state index < -0.39 is 35.6 Å². The third kappa shape index (κ3) is 4.50. The standard InChI is InChI=1S/C32H29F4N5O2/c1-3-20-23(34)7-6-17-10-19(42)11-21(26(17)20)28-27(36)29-22(14-37-28)30(41(4-2)25-12-24(25)35)39-31(38-29)43-16-32-8-5-9-40(32)15-18(33)13-32/h1,6-7,10-11,14,18,24-25,42H,4-5,8-9,12-13,15-16H2,2H3/t18-,24+,25+,32+/m1/s1. The summed E-state index contributed by atoms with van der Waals surface area (Å²) in [6.07, 6.45) is 7.35. The number of nitrogens with zero attached hydrogens (tertiary/aromatic N) is 5. The Kier molecular flexibility index (Phi) is 6.58. The van der Waals surface area contributed by atoms with Crippen LogP contribution in [0, 0.1) is 24.0 Å². The van der Waals surface area contributed by atoms with Crippen LogP contribution in [0.1, 0.15) is 38.2 Å². The van der Waals surface area contributed by atoms with Crippen molar-refractivity contribution in [1.29, 1.82) is 0 Å². The topological polar surface area (TPSA) is 74.6 Å². The summed E-state index contributed by atoms with van der Waals surface area (Å²) in [7, 11) is 0. The number of phenols is 1. The Labute approximate surface area is 245 Å². The SMILES string of the molecule is C#Cc1c(F)ccc2cc(O)cc(-c3ncc4c(N(CC)[C@H]5C[C@@H]5F)nc(OC[C@@]56CCCN5C[C@H](F)C6)nc4c3F)c12. The van der Waals surface area contributed by atoms with Crippen molar-refractivity contribution in [3.8, 4) is 35.4 Å². The molecule has 4 atom stereocenters. The number of pyridine rings is 1. The number of aromatic hydroxyl groups is 1. The number of terminal acetylenes is 1. The minimum absolute atomic E-state index is 0.0864. The molecule has 11 heteroatoms. The molecule has 4 heterocycles. The lowest BCUT2D eigenvalue weighted by molar-refractivity contribution is 0.107. The molecule has 0 unspecified atom stereocenters. The fourth-order valence-corrected chi connectivity index (χ4v) is 6.91. The van der Waals surface area contributed by atoms with Gasteiger partial charge in [0.05, 0.1) is 22.5 Å². The molecule has 2 aliphatic heterocycles. The van der Waals surface area contributed by atoms with Crippen molar-refractivity contribution in [2.24, 2.45) is 0 Å². The molecule has 0 bridgehead atoms. The molecule has 2 aromatic carbocycles. The van der Waals surface area contributed by atoms with Gasteiger partial charge in [-0.25, -0.2) is 17.6 Å². The zero-order chi connectivity index (χ0) is 30.0. The van der Waals surface area contributed by atoms with Crippen molar-refractivity contribution in [1.82, 2.24) is 19.9 Å². The van der Waals surface area contributed by atoms with Crippen LogP contribution in [-0.2, 0) is 0 Å². The molecule has 7 nitrogen and oxygen atoms in total. The van der Waals surface area contributed by atoms with Gasteiger partial charge in [-0.3, -0.25) is 9.88 Å². The first-order valence-electron chi connectivity index (χ1n) is 14.4. The van der Waals surface area contributed by atoms with E-state index >= 15 is 4.39 Å².